The second-order valence-corrected chi connectivity index (χ2v) is 3.44. The topological polar surface area (TPSA) is 38.9 Å². The Morgan fingerprint density at radius 1 is 1.18 bits per heavy atom. The van der Waals surface area contributed by atoms with Crippen molar-refractivity contribution < 1.29 is 17.7 Å². The van der Waals surface area contributed by atoms with E-state index >= 15 is 0 Å². The maximum Gasteiger partial charge on any atom is 0.416 e. The molecule has 0 bridgehead atoms. The van der Waals surface area contributed by atoms with E-state index in [-0.39, 0.29) is 5.89 Å². The molecule has 6 heteroatoms. The van der Waals surface area contributed by atoms with Crippen molar-refractivity contribution in [2.45, 2.75) is 19.5 Å². The van der Waals surface area contributed by atoms with Gasteiger partial charge in [0, 0.05) is 12.0 Å². The van der Waals surface area contributed by atoms with Crippen molar-refractivity contribution in [3.8, 4) is 11.5 Å². The fraction of sp³-hybridized carbons (Fsp3) is 0.273. The van der Waals surface area contributed by atoms with Crippen LogP contribution >= 0.6 is 0 Å². The van der Waals surface area contributed by atoms with Gasteiger partial charge in [0.2, 0.25) is 0 Å². The van der Waals surface area contributed by atoms with E-state index in [1.807, 2.05) is 6.92 Å². The van der Waals surface area contributed by atoms with Gasteiger partial charge in [-0.25, -0.2) is 0 Å². The van der Waals surface area contributed by atoms with Crippen LogP contribution in [-0.2, 0) is 12.6 Å². The van der Waals surface area contributed by atoms with Crippen molar-refractivity contribution in [1.82, 2.24) is 10.1 Å². The van der Waals surface area contributed by atoms with Crippen LogP contribution in [0.5, 0.6) is 0 Å². The van der Waals surface area contributed by atoms with E-state index in [2.05, 4.69) is 10.1 Å². The number of halogens is 3. The molecule has 0 amide bonds. The predicted molar refractivity (Wildman–Crippen MR) is 54.1 cm³/mol. The van der Waals surface area contributed by atoms with Crippen molar-refractivity contribution in [2.24, 2.45) is 0 Å². The van der Waals surface area contributed by atoms with E-state index in [0.29, 0.717) is 17.8 Å². The molecule has 0 atom stereocenters. The van der Waals surface area contributed by atoms with Crippen LogP contribution in [0.2, 0.25) is 0 Å². The van der Waals surface area contributed by atoms with Gasteiger partial charge in [0.15, 0.2) is 5.82 Å². The highest BCUT2D eigenvalue weighted by Crippen LogP contribution is 2.30. The largest absolute Gasteiger partial charge is 0.416 e. The Bertz CT molecular complexity index is 502. The van der Waals surface area contributed by atoms with Crippen LogP contribution in [0.25, 0.3) is 11.5 Å². The highest BCUT2D eigenvalue weighted by atomic mass is 19.4. The lowest BCUT2D eigenvalue weighted by Crippen LogP contribution is -2.03. The van der Waals surface area contributed by atoms with Gasteiger partial charge in [-0.05, 0) is 24.3 Å². The maximum atomic E-state index is 12.3. The molecule has 3 nitrogen and oxygen atoms in total. The third-order valence-corrected chi connectivity index (χ3v) is 2.24. The zero-order chi connectivity index (χ0) is 12.5. The van der Waals surface area contributed by atoms with Gasteiger partial charge in [0.05, 0.1) is 5.56 Å². The van der Waals surface area contributed by atoms with Gasteiger partial charge in [-0.15, -0.1) is 0 Å². The van der Waals surface area contributed by atoms with Crippen molar-refractivity contribution in [1.29, 1.82) is 0 Å². The molecule has 0 spiro atoms. The Morgan fingerprint density at radius 3 is 2.29 bits per heavy atom. The first-order valence-corrected chi connectivity index (χ1v) is 5.01. The Labute approximate surface area is 95.3 Å². The van der Waals surface area contributed by atoms with Gasteiger partial charge in [-0.1, -0.05) is 12.1 Å². The lowest BCUT2D eigenvalue weighted by Gasteiger charge is -2.05. The van der Waals surface area contributed by atoms with Crippen molar-refractivity contribution in [3.05, 3.63) is 35.7 Å². The summed E-state index contributed by atoms with van der Waals surface area (Å²) >= 11 is 0. The summed E-state index contributed by atoms with van der Waals surface area (Å²) in [6.07, 6.45) is -3.72. The molecule has 2 rings (SSSR count). The summed E-state index contributed by atoms with van der Waals surface area (Å²) in [5, 5.41) is 3.67. The van der Waals surface area contributed by atoms with Gasteiger partial charge in [-0.3, -0.25) is 0 Å². The number of nitrogens with zero attached hydrogens (tertiary/aromatic N) is 2. The maximum absolute atomic E-state index is 12.3. The van der Waals surface area contributed by atoms with Crippen LogP contribution < -0.4 is 0 Å². The molecule has 0 fully saturated rings. The first kappa shape index (κ1) is 11.6. The summed E-state index contributed by atoms with van der Waals surface area (Å²) in [5.41, 5.74) is -0.221. The fourth-order valence-corrected chi connectivity index (χ4v) is 1.32. The van der Waals surface area contributed by atoms with Crippen LogP contribution in [-0.4, -0.2) is 10.1 Å². The predicted octanol–water partition coefficient (Wildman–Crippen LogP) is 3.32. The Kier molecular flexibility index (Phi) is 2.87. The van der Waals surface area contributed by atoms with Gasteiger partial charge >= 0.3 is 6.18 Å². The minimum atomic E-state index is -4.33. The number of benzene rings is 1. The zero-order valence-corrected chi connectivity index (χ0v) is 8.95. The third kappa shape index (κ3) is 2.46. The number of aromatic nitrogens is 2. The molecular weight excluding hydrogens is 233 g/mol. The monoisotopic (exact) mass is 242 g/mol. The Morgan fingerprint density at radius 2 is 1.82 bits per heavy atom. The summed E-state index contributed by atoms with van der Waals surface area (Å²) in [6, 6.07) is 4.61. The fourth-order valence-electron chi connectivity index (χ4n) is 1.32. The minimum Gasteiger partial charge on any atom is -0.334 e. The van der Waals surface area contributed by atoms with E-state index in [1.54, 1.807) is 0 Å². The van der Waals surface area contributed by atoms with Crippen molar-refractivity contribution >= 4 is 0 Å². The zero-order valence-electron chi connectivity index (χ0n) is 8.95. The van der Waals surface area contributed by atoms with Gasteiger partial charge in [-0.2, -0.15) is 18.2 Å². The molecule has 0 aliphatic rings. The minimum absolute atomic E-state index is 0.232. The normalized spacial score (nSPS) is 11.8. The highest BCUT2D eigenvalue weighted by molar-refractivity contribution is 5.53. The number of hydrogen-bond acceptors (Lipinski definition) is 3. The molecule has 0 radical (unpaired) electrons. The first-order valence-electron chi connectivity index (χ1n) is 5.01. The Hall–Kier alpha value is -1.85. The van der Waals surface area contributed by atoms with Crippen molar-refractivity contribution in [3.63, 3.8) is 0 Å². The van der Waals surface area contributed by atoms with Crippen molar-refractivity contribution in [2.75, 3.05) is 0 Å². The van der Waals surface area contributed by atoms with E-state index in [0.717, 1.165) is 12.1 Å². The second kappa shape index (κ2) is 4.20. The third-order valence-electron chi connectivity index (χ3n) is 2.24. The summed E-state index contributed by atoms with van der Waals surface area (Å²) in [7, 11) is 0. The molecule has 1 aromatic carbocycles. The van der Waals surface area contributed by atoms with Gasteiger partial charge in [0.25, 0.3) is 5.89 Å². The lowest BCUT2D eigenvalue weighted by atomic mass is 10.1. The molecule has 0 N–H and O–H groups in total. The molecule has 0 aliphatic carbocycles. The summed E-state index contributed by atoms with van der Waals surface area (Å²) in [6.45, 7) is 1.86. The van der Waals surface area contributed by atoms with E-state index < -0.39 is 11.7 Å². The number of aryl methyl sites for hydroxylation is 1. The van der Waals surface area contributed by atoms with Crippen LogP contribution in [0.4, 0.5) is 13.2 Å². The standard InChI is InChI=1S/C11H9F3N2O/c1-2-9-15-10(17-16-9)7-3-5-8(6-4-7)11(12,13)14/h3-6H,2H2,1H3. The number of alkyl halides is 3. The SMILES string of the molecule is CCc1noc(-c2ccc(C(F)(F)F)cc2)n1. The summed E-state index contributed by atoms with van der Waals surface area (Å²) in [5.74, 6) is 0.760. The van der Waals surface area contributed by atoms with Crippen LogP contribution in [0.1, 0.15) is 18.3 Å². The summed E-state index contributed by atoms with van der Waals surface area (Å²) < 4.78 is 41.9. The molecule has 0 aliphatic heterocycles. The molecule has 90 valence electrons. The molecular formula is C11H9F3N2O. The van der Waals surface area contributed by atoms with E-state index in [9.17, 15) is 13.2 Å². The first-order chi connectivity index (χ1) is 8.00. The molecule has 2 aromatic rings. The highest BCUT2D eigenvalue weighted by Gasteiger charge is 2.30. The van der Waals surface area contributed by atoms with Crippen LogP contribution in [0.15, 0.2) is 28.8 Å². The summed E-state index contributed by atoms with van der Waals surface area (Å²) in [4.78, 5) is 4.03. The lowest BCUT2D eigenvalue weighted by molar-refractivity contribution is -0.137. The number of rotatable bonds is 2. The van der Waals surface area contributed by atoms with Crippen LogP contribution in [0.3, 0.4) is 0 Å². The second-order valence-electron chi connectivity index (χ2n) is 3.44. The number of hydrogen-bond donors (Lipinski definition) is 0. The molecule has 17 heavy (non-hydrogen) atoms. The average molecular weight is 242 g/mol. The van der Waals surface area contributed by atoms with Crippen LogP contribution in [0, 0.1) is 0 Å². The van der Waals surface area contributed by atoms with E-state index in [1.165, 1.54) is 12.1 Å². The van der Waals surface area contributed by atoms with Gasteiger partial charge in [0.1, 0.15) is 0 Å². The molecule has 0 saturated heterocycles. The van der Waals surface area contributed by atoms with Gasteiger partial charge < -0.3 is 4.52 Å². The Balaban J connectivity index is 2.29. The molecule has 1 heterocycles. The molecule has 0 unspecified atom stereocenters. The smallest absolute Gasteiger partial charge is 0.334 e. The van der Waals surface area contributed by atoms with E-state index in [4.69, 9.17) is 4.52 Å². The quantitative estimate of drug-likeness (QED) is 0.810. The molecule has 0 saturated carbocycles. The average Bonchev–Trinajstić information content (AvgIpc) is 2.76. The molecule has 1 aromatic heterocycles.